The van der Waals surface area contributed by atoms with Crippen molar-refractivity contribution in [3.63, 3.8) is 0 Å². The topological polar surface area (TPSA) is 60.5 Å². The number of pyridine rings is 1. The summed E-state index contributed by atoms with van der Waals surface area (Å²) < 4.78 is 10.6. The number of aromatic nitrogens is 1. The van der Waals surface area contributed by atoms with Crippen molar-refractivity contribution in [1.82, 2.24) is 4.98 Å². The Morgan fingerprint density at radius 1 is 0.774 bits per heavy atom. The highest BCUT2D eigenvalue weighted by Crippen LogP contribution is 2.32. The van der Waals surface area contributed by atoms with Crippen LogP contribution >= 0.6 is 0 Å². The van der Waals surface area contributed by atoms with Crippen molar-refractivity contribution in [3.8, 4) is 33.9 Å². The molecule has 4 rings (SSSR count). The molecule has 5 nitrogen and oxygen atoms in total. The molecule has 0 fully saturated rings. The summed E-state index contributed by atoms with van der Waals surface area (Å²) in [4.78, 5) is 16.9. The van der Waals surface area contributed by atoms with Gasteiger partial charge in [-0.25, -0.2) is 4.98 Å². The van der Waals surface area contributed by atoms with Gasteiger partial charge in [0.1, 0.15) is 5.75 Å². The number of nitrogens with zero attached hydrogens (tertiary/aromatic N) is 1. The highest BCUT2D eigenvalue weighted by Gasteiger charge is 2.13. The lowest BCUT2D eigenvalue weighted by Gasteiger charge is -2.12. The zero-order chi connectivity index (χ0) is 21.6. The van der Waals surface area contributed by atoms with Crippen LogP contribution in [0.15, 0.2) is 91.1 Å². The molecule has 154 valence electrons. The van der Waals surface area contributed by atoms with E-state index < -0.39 is 0 Å². The van der Waals surface area contributed by atoms with Crippen LogP contribution in [0.2, 0.25) is 0 Å². The summed E-state index contributed by atoms with van der Waals surface area (Å²) in [6.07, 6.45) is 1.56. The number of carbonyl (C=O) groups is 1. The van der Waals surface area contributed by atoms with Crippen LogP contribution in [-0.4, -0.2) is 25.1 Å². The van der Waals surface area contributed by atoms with Crippen molar-refractivity contribution >= 4 is 11.6 Å². The Hall–Kier alpha value is -4.12. The lowest BCUT2D eigenvalue weighted by Crippen LogP contribution is -2.12. The van der Waals surface area contributed by atoms with E-state index in [0.717, 1.165) is 22.3 Å². The van der Waals surface area contributed by atoms with Gasteiger partial charge in [-0.3, -0.25) is 4.79 Å². The van der Waals surface area contributed by atoms with Gasteiger partial charge in [0.2, 0.25) is 5.88 Å². The minimum Gasteiger partial charge on any atom is -0.496 e. The molecule has 1 N–H and O–H groups in total. The maximum absolute atomic E-state index is 12.8. The second kappa shape index (κ2) is 9.13. The molecular weight excluding hydrogens is 388 g/mol. The molecule has 0 aliphatic heterocycles. The number of rotatable bonds is 6. The summed E-state index contributed by atoms with van der Waals surface area (Å²) in [6.45, 7) is 0. The summed E-state index contributed by atoms with van der Waals surface area (Å²) in [5, 5.41) is 2.86. The number of methoxy groups -OCH3 is 2. The Bertz CT molecular complexity index is 1170. The van der Waals surface area contributed by atoms with E-state index in [2.05, 4.69) is 34.6 Å². The number of amides is 1. The minimum absolute atomic E-state index is 0.225. The number of nitrogens with one attached hydrogen (secondary N) is 1. The molecule has 0 atom stereocenters. The second-order valence-corrected chi connectivity index (χ2v) is 6.90. The number of benzene rings is 3. The fraction of sp³-hybridized carbons (Fsp3) is 0.0769. The van der Waals surface area contributed by atoms with E-state index in [4.69, 9.17) is 9.47 Å². The quantitative estimate of drug-likeness (QED) is 0.444. The number of hydrogen-bond acceptors (Lipinski definition) is 4. The van der Waals surface area contributed by atoms with E-state index in [0.29, 0.717) is 22.9 Å². The third kappa shape index (κ3) is 4.56. The van der Waals surface area contributed by atoms with Crippen molar-refractivity contribution in [2.45, 2.75) is 0 Å². The van der Waals surface area contributed by atoms with E-state index in [9.17, 15) is 4.79 Å². The molecule has 0 bridgehead atoms. The summed E-state index contributed by atoms with van der Waals surface area (Å²) in [7, 11) is 3.17. The molecule has 3 aromatic carbocycles. The lowest BCUT2D eigenvalue weighted by molar-refractivity contribution is 0.102. The molecule has 0 aliphatic rings. The van der Waals surface area contributed by atoms with E-state index in [1.165, 1.54) is 0 Å². The third-order valence-corrected chi connectivity index (χ3v) is 4.97. The molecule has 1 amide bonds. The molecule has 0 spiro atoms. The first-order valence-corrected chi connectivity index (χ1v) is 9.83. The second-order valence-electron chi connectivity index (χ2n) is 6.90. The Labute approximate surface area is 181 Å². The molecular formula is C26H22N2O3. The molecule has 0 radical (unpaired) electrons. The average molecular weight is 410 g/mol. The average Bonchev–Trinajstić information content (AvgIpc) is 2.84. The van der Waals surface area contributed by atoms with Crippen LogP contribution in [0.25, 0.3) is 22.3 Å². The van der Waals surface area contributed by atoms with Gasteiger partial charge in [0.05, 0.1) is 26.1 Å². The maximum atomic E-state index is 12.8. The number of hydrogen-bond donors (Lipinski definition) is 1. The van der Waals surface area contributed by atoms with Crippen LogP contribution in [0.1, 0.15) is 10.4 Å². The molecule has 0 unspecified atom stereocenters. The molecule has 31 heavy (non-hydrogen) atoms. The Morgan fingerprint density at radius 3 is 2.13 bits per heavy atom. The maximum Gasteiger partial charge on any atom is 0.255 e. The number of carbonyl (C=O) groups excluding carboxylic acids is 1. The summed E-state index contributed by atoms with van der Waals surface area (Å²) in [5.41, 5.74) is 5.22. The van der Waals surface area contributed by atoms with Gasteiger partial charge in [0.25, 0.3) is 5.91 Å². The van der Waals surface area contributed by atoms with Gasteiger partial charge >= 0.3 is 0 Å². The fourth-order valence-electron chi connectivity index (χ4n) is 3.33. The van der Waals surface area contributed by atoms with E-state index in [1.807, 2.05) is 42.5 Å². The minimum atomic E-state index is -0.225. The zero-order valence-electron chi connectivity index (χ0n) is 17.3. The van der Waals surface area contributed by atoms with Gasteiger partial charge < -0.3 is 14.8 Å². The predicted molar refractivity (Wildman–Crippen MR) is 123 cm³/mol. The van der Waals surface area contributed by atoms with Crippen LogP contribution in [-0.2, 0) is 0 Å². The van der Waals surface area contributed by atoms with E-state index in [1.54, 1.807) is 38.6 Å². The Kier molecular flexibility index (Phi) is 5.94. The van der Waals surface area contributed by atoms with Gasteiger partial charge in [0.15, 0.2) is 0 Å². The van der Waals surface area contributed by atoms with Crippen LogP contribution in [0.3, 0.4) is 0 Å². The summed E-state index contributed by atoms with van der Waals surface area (Å²) in [5.74, 6) is 0.968. The van der Waals surface area contributed by atoms with Crippen molar-refractivity contribution in [1.29, 1.82) is 0 Å². The van der Waals surface area contributed by atoms with Crippen LogP contribution in [0.4, 0.5) is 5.69 Å². The predicted octanol–water partition coefficient (Wildman–Crippen LogP) is 5.69. The Balaban J connectivity index is 1.60. The van der Waals surface area contributed by atoms with Crippen LogP contribution < -0.4 is 14.8 Å². The molecule has 5 heteroatoms. The number of anilines is 1. The lowest BCUT2D eigenvalue weighted by atomic mass is 9.98. The van der Waals surface area contributed by atoms with Crippen molar-refractivity contribution in [3.05, 3.63) is 96.7 Å². The highest BCUT2D eigenvalue weighted by atomic mass is 16.5. The Morgan fingerprint density at radius 2 is 1.48 bits per heavy atom. The number of ether oxygens (including phenoxy) is 2. The SMILES string of the molecule is COc1ccc(NC(=O)c2ccc(OC)c(-c3ccc(-c4ccccc4)cc3)c2)cn1. The molecule has 0 saturated heterocycles. The van der Waals surface area contributed by atoms with Gasteiger partial charge in [-0.05, 0) is 41.0 Å². The normalized spacial score (nSPS) is 10.4. The highest BCUT2D eigenvalue weighted by molar-refractivity contribution is 6.05. The fourth-order valence-corrected chi connectivity index (χ4v) is 3.33. The molecule has 0 saturated carbocycles. The first-order chi connectivity index (χ1) is 15.2. The smallest absolute Gasteiger partial charge is 0.255 e. The largest absolute Gasteiger partial charge is 0.496 e. The first-order valence-electron chi connectivity index (χ1n) is 9.83. The van der Waals surface area contributed by atoms with Crippen molar-refractivity contribution in [2.75, 3.05) is 19.5 Å². The van der Waals surface area contributed by atoms with Crippen LogP contribution in [0.5, 0.6) is 11.6 Å². The van der Waals surface area contributed by atoms with Crippen LogP contribution in [0, 0.1) is 0 Å². The van der Waals surface area contributed by atoms with Gasteiger partial charge in [0, 0.05) is 17.2 Å². The van der Waals surface area contributed by atoms with Gasteiger partial charge in [-0.2, -0.15) is 0 Å². The van der Waals surface area contributed by atoms with E-state index >= 15 is 0 Å². The zero-order valence-corrected chi connectivity index (χ0v) is 17.3. The van der Waals surface area contributed by atoms with Crippen molar-refractivity contribution in [2.24, 2.45) is 0 Å². The molecule has 4 aromatic rings. The first kappa shape index (κ1) is 20.2. The molecule has 0 aliphatic carbocycles. The molecule has 1 heterocycles. The monoisotopic (exact) mass is 410 g/mol. The summed E-state index contributed by atoms with van der Waals surface area (Å²) >= 11 is 0. The van der Waals surface area contributed by atoms with Gasteiger partial charge in [-0.15, -0.1) is 0 Å². The third-order valence-electron chi connectivity index (χ3n) is 4.97. The van der Waals surface area contributed by atoms with Gasteiger partial charge in [-0.1, -0.05) is 54.6 Å². The van der Waals surface area contributed by atoms with Crippen molar-refractivity contribution < 1.29 is 14.3 Å². The molecule has 1 aromatic heterocycles. The van der Waals surface area contributed by atoms with E-state index in [-0.39, 0.29) is 5.91 Å². The standard InChI is InChI=1S/C26H22N2O3/c1-30-24-14-12-21(26(29)28-22-13-15-25(31-2)27-17-22)16-23(24)20-10-8-19(9-11-20)18-6-4-3-5-7-18/h3-17H,1-2H3,(H,28,29). The summed E-state index contributed by atoms with van der Waals surface area (Å²) in [6, 6.07) is 27.2.